The molecular weight excluding hydrogens is 432 g/mol. The fourth-order valence-electron chi connectivity index (χ4n) is 4.24. The van der Waals surface area contributed by atoms with E-state index in [0.717, 1.165) is 12.1 Å². The minimum Gasteiger partial charge on any atom is -0.481 e. The topological polar surface area (TPSA) is 75.5 Å². The van der Waals surface area contributed by atoms with Gasteiger partial charge in [-0.05, 0) is 50.5 Å². The first-order valence-electron chi connectivity index (χ1n) is 10.7. The standard InChI is InChI=1S/C24H25F2N3O4/c1-5-33-24(30)18-11-28-29(15-6-7-32-12-15)22(18)17-9-19(25)16(8-20(17)26)21-13(2)10-27-23(31-4)14(21)3/h8-11,15H,5-7,12H2,1-4H3. The number of benzene rings is 1. The summed E-state index contributed by atoms with van der Waals surface area (Å²) in [5.41, 5.74) is 2.05. The molecule has 4 rings (SSSR count). The number of nitrogens with zero attached hydrogens (tertiary/aromatic N) is 3. The van der Waals surface area contributed by atoms with Gasteiger partial charge in [-0.25, -0.2) is 18.6 Å². The first-order chi connectivity index (χ1) is 15.9. The lowest BCUT2D eigenvalue weighted by molar-refractivity contribution is 0.0527. The van der Waals surface area contributed by atoms with Crippen molar-refractivity contribution in [2.75, 3.05) is 26.9 Å². The molecule has 0 radical (unpaired) electrons. The van der Waals surface area contributed by atoms with Gasteiger partial charge in [-0.3, -0.25) is 4.68 Å². The maximum atomic E-state index is 15.6. The molecular formula is C24H25F2N3O4. The van der Waals surface area contributed by atoms with E-state index in [-0.39, 0.29) is 35.0 Å². The number of ether oxygens (including phenoxy) is 3. The molecule has 0 spiro atoms. The quantitative estimate of drug-likeness (QED) is 0.502. The molecule has 0 amide bonds. The zero-order chi connectivity index (χ0) is 23.7. The Balaban J connectivity index is 1.89. The second kappa shape index (κ2) is 9.27. The number of aryl methyl sites for hydroxylation is 1. The van der Waals surface area contributed by atoms with Crippen LogP contribution in [0.25, 0.3) is 22.4 Å². The molecule has 0 bridgehead atoms. The van der Waals surface area contributed by atoms with Crippen molar-refractivity contribution in [1.29, 1.82) is 0 Å². The number of hydrogen-bond donors (Lipinski definition) is 0. The summed E-state index contributed by atoms with van der Waals surface area (Å²) in [5.74, 6) is -1.64. The zero-order valence-corrected chi connectivity index (χ0v) is 18.9. The fraction of sp³-hybridized carbons (Fsp3) is 0.375. The Bertz CT molecular complexity index is 1200. The van der Waals surface area contributed by atoms with Crippen molar-refractivity contribution in [1.82, 2.24) is 14.8 Å². The highest BCUT2D eigenvalue weighted by Gasteiger charge is 2.29. The van der Waals surface area contributed by atoms with Crippen LogP contribution in [0.5, 0.6) is 5.88 Å². The summed E-state index contributed by atoms with van der Waals surface area (Å²) in [6, 6.07) is 2.04. The molecule has 2 aromatic heterocycles. The van der Waals surface area contributed by atoms with Crippen LogP contribution < -0.4 is 4.74 Å². The normalized spacial score (nSPS) is 15.6. The summed E-state index contributed by atoms with van der Waals surface area (Å²) in [4.78, 5) is 16.8. The van der Waals surface area contributed by atoms with E-state index in [0.29, 0.717) is 42.2 Å². The van der Waals surface area contributed by atoms with Gasteiger partial charge in [0.2, 0.25) is 5.88 Å². The minimum atomic E-state index is -0.688. The van der Waals surface area contributed by atoms with Gasteiger partial charge < -0.3 is 14.2 Å². The van der Waals surface area contributed by atoms with Crippen LogP contribution in [0.4, 0.5) is 8.78 Å². The van der Waals surface area contributed by atoms with E-state index < -0.39 is 17.6 Å². The molecule has 9 heteroatoms. The van der Waals surface area contributed by atoms with E-state index in [2.05, 4.69) is 10.1 Å². The number of carbonyl (C=O) groups excluding carboxylic acids is 1. The van der Waals surface area contributed by atoms with Gasteiger partial charge in [0.25, 0.3) is 0 Å². The number of hydrogen-bond acceptors (Lipinski definition) is 6. The van der Waals surface area contributed by atoms with Crippen molar-refractivity contribution < 1.29 is 27.8 Å². The molecule has 174 valence electrons. The van der Waals surface area contributed by atoms with Crippen molar-refractivity contribution >= 4 is 5.97 Å². The third kappa shape index (κ3) is 4.08. The average molecular weight is 457 g/mol. The van der Waals surface area contributed by atoms with Crippen molar-refractivity contribution in [3.63, 3.8) is 0 Å². The second-order valence-electron chi connectivity index (χ2n) is 7.85. The number of rotatable bonds is 6. The molecule has 1 saturated heterocycles. The summed E-state index contributed by atoms with van der Waals surface area (Å²) in [6.45, 7) is 6.23. The van der Waals surface area contributed by atoms with Gasteiger partial charge in [0.15, 0.2) is 0 Å². The van der Waals surface area contributed by atoms with Crippen molar-refractivity contribution in [3.8, 4) is 28.3 Å². The summed E-state index contributed by atoms with van der Waals surface area (Å²) >= 11 is 0. The van der Waals surface area contributed by atoms with Crippen LogP contribution in [0.1, 0.15) is 40.9 Å². The first-order valence-corrected chi connectivity index (χ1v) is 10.7. The van der Waals surface area contributed by atoms with Gasteiger partial charge in [0.1, 0.15) is 17.2 Å². The van der Waals surface area contributed by atoms with E-state index in [4.69, 9.17) is 14.2 Å². The average Bonchev–Trinajstić information content (AvgIpc) is 3.46. The van der Waals surface area contributed by atoms with Crippen LogP contribution in [0.2, 0.25) is 0 Å². The molecule has 0 N–H and O–H groups in total. The van der Waals surface area contributed by atoms with Gasteiger partial charge in [0.05, 0.1) is 38.3 Å². The van der Waals surface area contributed by atoms with Gasteiger partial charge in [0, 0.05) is 29.5 Å². The third-order valence-corrected chi connectivity index (χ3v) is 5.78. The number of aromatic nitrogens is 3. The van der Waals surface area contributed by atoms with Crippen LogP contribution >= 0.6 is 0 Å². The van der Waals surface area contributed by atoms with E-state index >= 15 is 8.78 Å². The molecule has 1 unspecified atom stereocenters. The SMILES string of the molecule is CCOC(=O)c1cnn(C2CCOC2)c1-c1cc(F)c(-c2c(C)cnc(OC)c2C)cc1F. The summed E-state index contributed by atoms with van der Waals surface area (Å²) in [6.07, 6.45) is 3.54. The summed E-state index contributed by atoms with van der Waals surface area (Å²) in [5, 5.41) is 4.30. The predicted octanol–water partition coefficient (Wildman–Crippen LogP) is 4.65. The lowest BCUT2D eigenvalue weighted by atomic mass is 9.94. The van der Waals surface area contributed by atoms with E-state index in [9.17, 15) is 4.79 Å². The fourth-order valence-corrected chi connectivity index (χ4v) is 4.24. The Morgan fingerprint density at radius 2 is 1.94 bits per heavy atom. The van der Waals surface area contributed by atoms with Crippen LogP contribution in [0.15, 0.2) is 24.5 Å². The van der Waals surface area contributed by atoms with Crippen LogP contribution in [-0.4, -0.2) is 47.7 Å². The monoisotopic (exact) mass is 457 g/mol. The van der Waals surface area contributed by atoms with Gasteiger partial charge in [-0.1, -0.05) is 0 Å². The summed E-state index contributed by atoms with van der Waals surface area (Å²) < 4.78 is 48.4. The predicted molar refractivity (Wildman–Crippen MR) is 117 cm³/mol. The highest BCUT2D eigenvalue weighted by Crippen LogP contribution is 2.38. The lowest BCUT2D eigenvalue weighted by Gasteiger charge is -2.17. The van der Waals surface area contributed by atoms with Crippen molar-refractivity contribution in [2.24, 2.45) is 0 Å². The maximum Gasteiger partial charge on any atom is 0.341 e. The molecule has 3 aromatic rings. The number of pyridine rings is 1. The van der Waals surface area contributed by atoms with Crippen LogP contribution in [-0.2, 0) is 9.47 Å². The molecule has 3 heterocycles. The molecule has 0 saturated carbocycles. The highest BCUT2D eigenvalue weighted by molar-refractivity contribution is 5.96. The van der Waals surface area contributed by atoms with E-state index in [1.54, 1.807) is 27.0 Å². The first kappa shape index (κ1) is 22.8. The summed E-state index contributed by atoms with van der Waals surface area (Å²) in [7, 11) is 1.47. The number of carbonyl (C=O) groups is 1. The van der Waals surface area contributed by atoms with E-state index in [1.807, 2.05) is 0 Å². The minimum absolute atomic E-state index is 0.0694. The Labute approximate surface area is 190 Å². The lowest BCUT2D eigenvalue weighted by Crippen LogP contribution is -2.14. The molecule has 1 atom stereocenters. The Morgan fingerprint density at radius 3 is 2.61 bits per heavy atom. The largest absolute Gasteiger partial charge is 0.481 e. The van der Waals surface area contributed by atoms with Gasteiger partial charge in [-0.2, -0.15) is 5.10 Å². The molecule has 0 aliphatic carbocycles. The van der Waals surface area contributed by atoms with Gasteiger partial charge in [-0.15, -0.1) is 0 Å². The molecule has 1 aromatic carbocycles. The maximum absolute atomic E-state index is 15.6. The van der Waals surface area contributed by atoms with Gasteiger partial charge >= 0.3 is 5.97 Å². The smallest absolute Gasteiger partial charge is 0.341 e. The Hall–Kier alpha value is -3.33. The molecule has 7 nitrogen and oxygen atoms in total. The third-order valence-electron chi connectivity index (χ3n) is 5.78. The highest BCUT2D eigenvalue weighted by atomic mass is 19.1. The molecule has 1 fully saturated rings. The number of halogens is 2. The van der Waals surface area contributed by atoms with Crippen molar-refractivity contribution in [2.45, 2.75) is 33.2 Å². The molecule has 33 heavy (non-hydrogen) atoms. The second-order valence-corrected chi connectivity index (χ2v) is 7.85. The number of methoxy groups -OCH3 is 1. The van der Waals surface area contributed by atoms with Crippen molar-refractivity contribution in [3.05, 3.63) is 52.9 Å². The molecule has 1 aliphatic rings. The van der Waals surface area contributed by atoms with E-state index in [1.165, 1.54) is 18.0 Å². The van der Waals surface area contributed by atoms with Crippen LogP contribution in [0.3, 0.4) is 0 Å². The Kier molecular flexibility index (Phi) is 6.42. The zero-order valence-electron chi connectivity index (χ0n) is 18.9. The Morgan fingerprint density at radius 1 is 1.21 bits per heavy atom. The van der Waals surface area contributed by atoms with Crippen LogP contribution in [0, 0.1) is 25.5 Å². The molecule has 1 aliphatic heterocycles. The number of esters is 1.